The molecule has 1 amide bonds. The zero-order valence-corrected chi connectivity index (χ0v) is 17.5. The van der Waals surface area contributed by atoms with E-state index in [-0.39, 0.29) is 12.1 Å². The molecule has 0 fully saturated rings. The number of fused-ring (bicyclic) bond motifs is 4. The molecule has 1 aliphatic carbocycles. The minimum absolute atomic E-state index is 0.0680. The van der Waals surface area contributed by atoms with Gasteiger partial charge in [0.15, 0.2) is 0 Å². The molecule has 2 heterocycles. The normalized spacial score (nSPS) is 21.6. The van der Waals surface area contributed by atoms with Crippen LogP contribution in [0.25, 0.3) is 10.8 Å². The summed E-state index contributed by atoms with van der Waals surface area (Å²) < 4.78 is 0. The summed E-state index contributed by atoms with van der Waals surface area (Å²) in [6.45, 7) is 6.99. The minimum atomic E-state index is -0.190. The van der Waals surface area contributed by atoms with Gasteiger partial charge in [0, 0.05) is 10.4 Å². The lowest BCUT2D eigenvalue weighted by Gasteiger charge is -2.34. The number of amides is 1. The largest absolute Gasteiger partial charge is 0.353 e. The van der Waals surface area contributed by atoms with Crippen molar-refractivity contribution in [3.63, 3.8) is 0 Å². The summed E-state index contributed by atoms with van der Waals surface area (Å²) >= 11 is 1.79. The number of benzene rings is 2. The number of anilines is 1. The van der Waals surface area contributed by atoms with E-state index < -0.39 is 0 Å². The van der Waals surface area contributed by atoms with Crippen molar-refractivity contribution in [1.82, 2.24) is 5.32 Å². The summed E-state index contributed by atoms with van der Waals surface area (Å²) in [4.78, 5) is 14.5. The Morgan fingerprint density at radius 2 is 1.82 bits per heavy atom. The van der Waals surface area contributed by atoms with Gasteiger partial charge in [-0.15, -0.1) is 11.3 Å². The fourth-order valence-corrected chi connectivity index (χ4v) is 6.05. The Kier molecular flexibility index (Phi) is 4.02. The lowest BCUT2D eigenvalue weighted by atomic mass is 9.72. The first-order chi connectivity index (χ1) is 13.4. The number of rotatable bonds is 1. The lowest BCUT2D eigenvalue weighted by molar-refractivity contribution is 0.0935. The van der Waals surface area contributed by atoms with Gasteiger partial charge < -0.3 is 10.6 Å². The number of hydrogen-bond acceptors (Lipinski definition) is 3. The van der Waals surface area contributed by atoms with Gasteiger partial charge in [-0.25, -0.2) is 0 Å². The van der Waals surface area contributed by atoms with Crippen molar-refractivity contribution in [3.8, 4) is 0 Å². The molecule has 2 atom stereocenters. The molecule has 0 saturated heterocycles. The van der Waals surface area contributed by atoms with E-state index in [4.69, 9.17) is 0 Å². The molecule has 0 bridgehead atoms. The van der Waals surface area contributed by atoms with Crippen molar-refractivity contribution in [2.45, 2.75) is 46.2 Å². The van der Waals surface area contributed by atoms with Crippen LogP contribution in [0.5, 0.6) is 0 Å². The van der Waals surface area contributed by atoms with Gasteiger partial charge in [-0.3, -0.25) is 4.79 Å². The van der Waals surface area contributed by atoms with Crippen LogP contribution < -0.4 is 10.6 Å². The molecule has 0 saturated carbocycles. The van der Waals surface area contributed by atoms with Crippen LogP contribution in [-0.4, -0.2) is 5.91 Å². The molecule has 1 aromatic heterocycles. The van der Waals surface area contributed by atoms with Crippen LogP contribution in [0, 0.1) is 11.3 Å². The Morgan fingerprint density at radius 1 is 1.04 bits per heavy atom. The fraction of sp³-hybridized carbons (Fsp3) is 0.375. The lowest BCUT2D eigenvalue weighted by Crippen LogP contribution is -2.38. The second-order valence-electron chi connectivity index (χ2n) is 9.13. The Morgan fingerprint density at radius 3 is 2.64 bits per heavy atom. The van der Waals surface area contributed by atoms with Gasteiger partial charge in [0.1, 0.15) is 11.2 Å². The zero-order valence-electron chi connectivity index (χ0n) is 16.6. The van der Waals surface area contributed by atoms with Gasteiger partial charge in [-0.05, 0) is 46.9 Å². The molecule has 3 aromatic rings. The summed E-state index contributed by atoms with van der Waals surface area (Å²) in [5.74, 6) is 0.746. The van der Waals surface area contributed by atoms with E-state index in [0.717, 1.165) is 29.0 Å². The molecule has 2 aromatic carbocycles. The predicted molar refractivity (Wildman–Crippen MR) is 117 cm³/mol. The van der Waals surface area contributed by atoms with Crippen LogP contribution in [0.15, 0.2) is 42.5 Å². The molecule has 0 radical (unpaired) electrons. The molecule has 28 heavy (non-hydrogen) atoms. The summed E-state index contributed by atoms with van der Waals surface area (Å²) in [5.41, 5.74) is 3.60. The molecule has 4 heteroatoms. The highest BCUT2D eigenvalue weighted by Gasteiger charge is 2.36. The van der Waals surface area contributed by atoms with E-state index in [2.05, 4.69) is 73.9 Å². The van der Waals surface area contributed by atoms with E-state index >= 15 is 0 Å². The average molecular weight is 391 g/mol. The molecular formula is C24H26N2OS. The van der Waals surface area contributed by atoms with Crippen molar-refractivity contribution in [2.24, 2.45) is 11.3 Å². The quantitative estimate of drug-likeness (QED) is 0.542. The summed E-state index contributed by atoms with van der Waals surface area (Å²) in [6, 6.07) is 14.6. The van der Waals surface area contributed by atoms with E-state index in [1.165, 1.54) is 27.6 Å². The first kappa shape index (κ1) is 17.7. The maximum Gasteiger partial charge on any atom is 0.256 e. The first-order valence-electron chi connectivity index (χ1n) is 10.1. The molecule has 3 nitrogen and oxygen atoms in total. The van der Waals surface area contributed by atoms with Gasteiger partial charge in [0.05, 0.1) is 5.56 Å². The van der Waals surface area contributed by atoms with Crippen LogP contribution in [0.3, 0.4) is 0 Å². The summed E-state index contributed by atoms with van der Waals surface area (Å²) in [7, 11) is 0. The zero-order chi connectivity index (χ0) is 19.5. The number of nitrogens with one attached hydrogen (secondary N) is 2. The summed E-state index contributed by atoms with van der Waals surface area (Å²) in [6.07, 6.45) is 3.07. The Balaban J connectivity index is 1.52. The molecule has 5 rings (SSSR count). The van der Waals surface area contributed by atoms with Gasteiger partial charge in [0.2, 0.25) is 0 Å². The molecule has 144 valence electrons. The second kappa shape index (κ2) is 6.35. The Hall–Kier alpha value is -2.33. The molecular weight excluding hydrogens is 364 g/mol. The van der Waals surface area contributed by atoms with Crippen molar-refractivity contribution < 1.29 is 4.79 Å². The monoisotopic (exact) mass is 390 g/mol. The van der Waals surface area contributed by atoms with Crippen LogP contribution in [-0.2, 0) is 12.8 Å². The number of carbonyl (C=O) groups excluding carboxylic acids is 1. The van der Waals surface area contributed by atoms with Crippen molar-refractivity contribution in [3.05, 3.63) is 64.0 Å². The van der Waals surface area contributed by atoms with Gasteiger partial charge in [0.25, 0.3) is 5.91 Å². The minimum Gasteiger partial charge on any atom is -0.353 e. The van der Waals surface area contributed by atoms with Gasteiger partial charge in [-0.1, -0.05) is 63.2 Å². The molecule has 2 aliphatic rings. The van der Waals surface area contributed by atoms with Crippen LogP contribution in [0.4, 0.5) is 5.00 Å². The van der Waals surface area contributed by atoms with Crippen LogP contribution in [0.2, 0.25) is 0 Å². The number of hydrogen-bond donors (Lipinski definition) is 2. The highest BCUT2D eigenvalue weighted by Crippen LogP contribution is 2.46. The maximum absolute atomic E-state index is 13.1. The predicted octanol–water partition coefficient (Wildman–Crippen LogP) is 5.91. The van der Waals surface area contributed by atoms with Crippen LogP contribution >= 0.6 is 11.3 Å². The summed E-state index contributed by atoms with van der Waals surface area (Å²) in [5, 5.41) is 10.3. The Bertz CT molecular complexity index is 1070. The van der Waals surface area contributed by atoms with Gasteiger partial charge in [-0.2, -0.15) is 0 Å². The third kappa shape index (κ3) is 2.82. The third-order valence-electron chi connectivity index (χ3n) is 6.40. The van der Waals surface area contributed by atoms with Crippen LogP contribution in [0.1, 0.15) is 59.7 Å². The topological polar surface area (TPSA) is 41.1 Å². The molecule has 2 unspecified atom stereocenters. The van der Waals surface area contributed by atoms with E-state index in [1.807, 2.05) is 0 Å². The van der Waals surface area contributed by atoms with Crippen molar-refractivity contribution in [2.75, 3.05) is 5.32 Å². The average Bonchev–Trinajstić information content (AvgIpc) is 3.05. The van der Waals surface area contributed by atoms with E-state index in [0.29, 0.717) is 11.3 Å². The molecule has 2 N–H and O–H groups in total. The number of carbonyl (C=O) groups is 1. The molecule has 1 aliphatic heterocycles. The SMILES string of the molecule is CC(C)(C)C1CCc2c(sc3c2C(=O)NC(c2cccc4ccccc24)N3)C1. The highest BCUT2D eigenvalue weighted by molar-refractivity contribution is 7.16. The number of thiophene rings is 1. The third-order valence-corrected chi connectivity index (χ3v) is 7.59. The van der Waals surface area contributed by atoms with E-state index in [9.17, 15) is 4.79 Å². The standard InChI is InChI=1S/C24H26N2OS/c1-24(2,3)15-11-12-18-19(13-15)28-23-20(18)22(27)25-21(26-23)17-10-6-8-14-7-4-5-9-16(14)17/h4-10,15,21,26H,11-13H2,1-3H3,(H,25,27). The smallest absolute Gasteiger partial charge is 0.256 e. The van der Waals surface area contributed by atoms with E-state index in [1.54, 1.807) is 11.3 Å². The van der Waals surface area contributed by atoms with Crippen molar-refractivity contribution in [1.29, 1.82) is 0 Å². The van der Waals surface area contributed by atoms with Crippen molar-refractivity contribution >= 4 is 33.0 Å². The first-order valence-corrected chi connectivity index (χ1v) is 10.9. The highest BCUT2D eigenvalue weighted by atomic mass is 32.1. The Labute approximate surface area is 170 Å². The molecule has 0 spiro atoms. The fourth-order valence-electron chi connectivity index (χ4n) is 4.70. The second-order valence-corrected chi connectivity index (χ2v) is 10.2. The maximum atomic E-state index is 13.1. The van der Waals surface area contributed by atoms with Gasteiger partial charge >= 0.3 is 0 Å².